The molecule has 0 aromatic carbocycles. The van der Waals surface area contributed by atoms with Crippen LogP contribution >= 0.6 is 0 Å². The van der Waals surface area contributed by atoms with Crippen molar-refractivity contribution in [1.82, 2.24) is 0 Å². The number of hydrogen-bond donors (Lipinski definition) is 2. The zero-order chi connectivity index (χ0) is 24.1. The van der Waals surface area contributed by atoms with Crippen LogP contribution in [0, 0.1) is 0 Å². The number of aliphatic carboxylic acids is 2. The molecule has 0 saturated heterocycles. The van der Waals surface area contributed by atoms with Gasteiger partial charge in [0.05, 0.1) is 0 Å². The molecule has 2 N–H and O–H groups in total. The molecule has 0 fully saturated rings. The molecule has 0 aliphatic heterocycles. The summed E-state index contributed by atoms with van der Waals surface area (Å²) in [6.45, 7) is 4.43. The Labute approximate surface area is 200 Å². The van der Waals surface area contributed by atoms with Gasteiger partial charge in [0.2, 0.25) is 0 Å². The Bertz CT molecular complexity index is 382. The molecular formula is C28H56O4. The van der Waals surface area contributed by atoms with E-state index in [0.717, 1.165) is 25.7 Å². The first-order chi connectivity index (χ1) is 15.5. The first-order valence-electron chi connectivity index (χ1n) is 14.0. The van der Waals surface area contributed by atoms with Crippen molar-refractivity contribution in [1.29, 1.82) is 0 Å². The standard InChI is InChI=1S/C20H40O2.C8H16O2/c1-2-3-4-5-6-7-8-9-10-11-12-13-14-15-16-17-18-19-20(21)22;1-2-3-4-5-6-7-8(9)10/h2-19H2,1H3,(H,21,22);2-7H2,1H3,(H,9,10). The van der Waals surface area contributed by atoms with Gasteiger partial charge in [-0.05, 0) is 12.8 Å². The van der Waals surface area contributed by atoms with Gasteiger partial charge in [0.25, 0.3) is 0 Å². The highest BCUT2D eigenvalue weighted by Gasteiger charge is 1.97. The van der Waals surface area contributed by atoms with Gasteiger partial charge in [0.15, 0.2) is 0 Å². The highest BCUT2D eigenvalue weighted by atomic mass is 16.4. The van der Waals surface area contributed by atoms with Crippen LogP contribution in [0.3, 0.4) is 0 Å². The molecule has 0 heterocycles. The van der Waals surface area contributed by atoms with Crippen LogP contribution in [0.4, 0.5) is 0 Å². The largest absolute Gasteiger partial charge is 0.481 e. The van der Waals surface area contributed by atoms with Crippen molar-refractivity contribution in [3.8, 4) is 0 Å². The molecule has 32 heavy (non-hydrogen) atoms. The average Bonchev–Trinajstić information content (AvgIpc) is 2.76. The fourth-order valence-corrected chi connectivity index (χ4v) is 3.88. The van der Waals surface area contributed by atoms with E-state index in [-0.39, 0.29) is 0 Å². The van der Waals surface area contributed by atoms with Crippen LogP contribution in [0.5, 0.6) is 0 Å². The third-order valence-electron chi connectivity index (χ3n) is 5.99. The smallest absolute Gasteiger partial charge is 0.303 e. The van der Waals surface area contributed by atoms with Gasteiger partial charge in [-0.1, -0.05) is 142 Å². The van der Waals surface area contributed by atoms with E-state index in [0.29, 0.717) is 12.8 Å². The van der Waals surface area contributed by atoms with Crippen LogP contribution in [0.25, 0.3) is 0 Å². The van der Waals surface area contributed by atoms with Gasteiger partial charge in [-0.25, -0.2) is 0 Å². The number of carboxylic acids is 2. The molecular weight excluding hydrogens is 400 g/mol. The Morgan fingerprint density at radius 3 is 0.750 bits per heavy atom. The number of hydrogen-bond acceptors (Lipinski definition) is 2. The zero-order valence-electron chi connectivity index (χ0n) is 21.7. The van der Waals surface area contributed by atoms with Crippen molar-refractivity contribution in [3.05, 3.63) is 0 Å². The molecule has 0 aromatic rings. The van der Waals surface area contributed by atoms with E-state index in [1.807, 2.05) is 0 Å². The molecule has 0 aliphatic rings. The van der Waals surface area contributed by atoms with E-state index in [1.54, 1.807) is 0 Å². The zero-order valence-corrected chi connectivity index (χ0v) is 21.7. The van der Waals surface area contributed by atoms with Crippen LogP contribution in [-0.2, 0) is 9.59 Å². The van der Waals surface area contributed by atoms with E-state index >= 15 is 0 Å². The molecule has 192 valence electrons. The van der Waals surface area contributed by atoms with Crippen molar-refractivity contribution >= 4 is 11.9 Å². The molecule has 0 aromatic heterocycles. The maximum atomic E-state index is 10.4. The molecule has 4 heteroatoms. The average molecular weight is 457 g/mol. The van der Waals surface area contributed by atoms with E-state index in [4.69, 9.17) is 10.2 Å². The van der Waals surface area contributed by atoms with Gasteiger partial charge in [-0.15, -0.1) is 0 Å². The van der Waals surface area contributed by atoms with Crippen molar-refractivity contribution in [2.24, 2.45) is 0 Å². The summed E-state index contributed by atoms with van der Waals surface area (Å²) in [7, 11) is 0. The van der Waals surface area contributed by atoms with Crippen molar-refractivity contribution in [2.45, 2.75) is 168 Å². The van der Waals surface area contributed by atoms with Gasteiger partial charge in [0.1, 0.15) is 0 Å². The van der Waals surface area contributed by atoms with Gasteiger partial charge in [-0.2, -0.15) is 0 Å². The van der Waals surface area contributed by atoms with Crippen molar-refractivity contribution in [2.75, 3.05) is 0 Å². The van der Waals surface area contributed by atoms with Gasteiger partial charge < -0.3 is 10.2 Å². The Kier molecular flexibility index (Phi) is 31.0. The third kappa shape index (κ3) is 36.3. The summed E-state index contributed by atoms with van der Waals surface area (Å²) in [6, 6.07) is 0. The Balaban J connectivity index is 0. The summed E-state index contributed by atoms with van der Waals surface area (Å²) in [5, 5.41) is 16.8. The second-order valence-electron chi connectivity index (χ2n) is 9.36. The number of rotatable bonds is 24. The van der Waals surface area contributed by atoms with E-state index in [2.05, 4.69) is 13.8 Å². The number of carboxylic acid groups (broad SMARTS) is 2. The van der Waals surface area contributed by atoms with Crippen molar-refractivity contribution in [3.63, 3.8) is 0 Å². The molecule has 0 aliphatic carbocycles. The topological polar surface area (TPSA) is 74.6 Å². The predicted octanol–water partition coefficient (Wildman–Crippen LogP) is 9.54. The molecule has 0 bridgehead atoms. The van der Waals surface area contributed by atoms with Crippen LogP contribution in [0.1, 0.15) is 168 Å². The van der Waals surface area contributed by atoms with Gasteiger partial charge in [0, 0.05) is 12.8 Å². The lowest BCUT2D eigenvalue weighted by Crippen LogP contribution is -1.93. The minimum atomic E-state index is -0.670. The van der Waals surface area contributed by atoms with E-state index < -0.39 is 11.9 Å². The third-order valence-corrected chi connectivity index (χ3v) is 5.99. The minimum absolute atomic E-state index is 0.337. The van der Waals surface area contributed by atoms with E-state index in [9.17, 15) is 9.59 Å². The molecule has 0 atom stereocenters. The highest BCUT2D eigenvalue weighted by molar-refractivity contribution is 5.66. The summed E-state index contributed by atoms with van der Waals surface area (Å²) in [5.41, 5.74) is 0. The molecule has 0 unspecified atom stereocenters. The minimum Gasteiger partial charge on any atom is -0.481 e. The maximum Gasteiger partial charge on any atom is 0.303 e. The van der Waals surface area contributed by atoms with Crippen LogP contribution in [-0.4, -0.2) is 22.2 Å². The molecule has 0 amide bonds. The lowest BCUT2D eigenvalue weighted by Gasteiger charge is -2.03. The molecule has 0 spiro atoms. The van der Waals surface area contributed by atoms with E-state index in [1.165, 1.54) is 116 Å². The first kappa shape index (κ1) is 33.1. The highest BCUT2D eigenvalue weighted by Crippen LogP contribution is 2.14. The maximum absolute atomic E-state index is 10.4. The first-order valence-corrected chi connectivity index (χ1v) is 14.0. The van der Waals surface area contributed by atoms with Crippen LogP contribution < -0.4 is 0 Å². The summed E-state index contributed by atoms with van der Waals surface area (Å²) < 4.78 is 0. The Hall–Kier alpha value is -1.06. The van der Waals surface area contributed by atoms with Gasteiger partial charge >= 0.3 is 11.9 Å². The Morgan fingerprint density at radius 1 is 0.375 bits per heavy atom. The number of carbonyl (C=O) groups is 2. The van der Waals surface area contributed by atoms with Crippen LogP contribution in [0.2, 0.25) is 0 Å². The summed E-state index contributed by atoms with van der Waals surface area (Å²) >= 11 is 0. The quantitative estimate of drug-likeness (QED) is 0.142. The summed E-state index contributed by atoms with van der Waals surface area (Å²) in [4.78, 5) is 20.4. The lowest BCUT2D eigenvalue weighted by atomic mass is 10.0. The van der Waals surface area contributed by atoms with Crippen LogP contribution in [0.15, 0.2) is 0 Å². The normalized spacial score (nSPS) is 10.6. The van der Waals surface area contributed by atoms with Crippen molar-refractivity contribution < 1.29 is 19.8 Å². The number of unbranched alkanes of at least 4 members (excludes halogenated alkanes) is 20. The second kappa shape index (κ2) is 29.9. The molecule has 0 radical (unpaired) electrons. The second-order valence-corrected chi connectivity index (χ2v) is 9.36. The summed E-state index contributed by atoms with van der Waals surface area (Å²) in [5.74, 6) is -1.32. The lowest BCUT2D eigenvalue weighted by molar-refractivity contribution is -0.138. The Morgan fingerprint density at radius 2 is 0.562 bits per heavy atom. The molecule has 4 nitrogen and oxygen atoms in total. The monoisotopic (exact) mass is 456 g/mol. The predicted molar refractivity (Wildman–Crippen MR) is 137 cm³/mol. The summed E-state index contributed by atoms with van der Waals surface area (Å²) in [6.07, 6.45) is 29.0. The molecule has 0 saturated carbocycles. The fraction of sp³-hybridized carbons (Fsp3) is 0.929. The molecule has 0 rings (SSSR count). The fourth-order valence-electron chi connectivity index (χ4n) is 3.88. The van der Waals surface area contributed by atoms with Gasteiger partial charge in [-0.3, -0.25) is 9.59 Å². The SMILES string of the molecule is CCCCCCCC(=O)O.CCCCCCCCCCCCCCCCCCCC(=O)O.